The monoisotopic (exact) mass is 398 g/mol. The molecule has 3 nitrogen and oxygen atoms in total. The van der Waals surface area contributed by atoms with Crippen molar-refractivity contribution in [2.45, 2.75) is 19.8 Å². The lowest BCUT2D eigenvalue weighted by Gasteiger charge is -2.06. The molecule has 0 unspecified atom stereocenters. The lowest BCUT2D eigenvalue weighted by Crippen LogP contribution is -2.11. The van der Waals surface area contributed by atoms with Crippen LogP contribution in [0.1, 0.15) is 35.7 Å². The first-order chi connectivity index (χ1) is 14.1. The number of carbonyl (C=O) groups excluding carboxylic acids is 1. The number of rotatable bonds is 5. The van der Waals surface area contributed by atoms with Gasteiger partial charge in [-0.3, -0.25) is 10.1 Å². The van der Waals surface area contributed by atoms with Crippen LogP contribution >= 0.6 is 11.3 Å². The maximum absolute atomic E-state index is 12.5. The largest absolute Gasteiger partial charge is 0.298 e. The molecule has 29 heavy (non-hydrogen) atoms. The third kappa shape index (κ3) is 4.44. The smallest absolute Gasteiger partial charge is 0.257 e. The van der Waals surface area contributed by atoms with E-state index in [2.05, 4.69) is 60.5 Å². The Morgan fingerprint density at radius 2 is 1.45 bits per heavy atom. The summed E-state index contributed by atoms with van der Waals surface area (Å²) in [7, 11) is 0. The van der Waals surface area contributed by atoms with Gasteiger partial charge in [0.2, 0.25) is 0 Å². The molecule has 1 amide bonds. The molecule has 0 aliphatic carbocycles. The van der Waals surface area contributed by atoms with Crippen molar-refractivity contribution in [2.75, 3.05) is 5.32 Å². The average molecular weight is 399 g/mol. The first-order valence-corrected chi connectivity index (χ1v) is 10.5. The molecule has 3 aromatic carbocycles. The van der Waals surface area contributed by atoms with Gasteiger partial charge in [0.15, 0.2) is 5.13 Å². The highest BCUT2D eigenvalue weighted by molar-refractivity contribution is 7.14. The summed E-state index contributed by atoms with van der Waals surface area (Å²) in [6.45, 7) is 4.27. The average Bonchev–Trinajstić information content (AvgIpc) is 3.23. The Hall–Kier alpha value is -3.24. The van der Waals surface area contributed by atoms with Crippen molar-refractivity contribution in [3.8, 4) is 22.4 Å². The summed E-state index contributed by atoms with van der Waals surface area (Å²) in [4.78, 5) is 17.1. The van der Waals surface area contributed by atoms with E-state index in [1.165, 1.54) is 28.0 Å². The van der Waals surface area contributed by atoms with Gasteiger partial charge in [-0.15, -0.1) is 11.3 Å². The summed E-state index contributed by atoms with van der Waals surface area (Å²) in [5, 5.41) is 5.47. The van der Waals surface area contributed by atoms with Crippen molar-refractivity contribution in [3.63, 3.8) is 0 Å². The fraction of sp³-hybridized carbons (Fsp3) is 0.120. The van der Waals surface area contributed by atoms with E-state index in [1.807, 2.05) is 47.8 Å². The maximum atomic E-state index is 12.5. The highest BCUT2D eigenvalue weighted by Crippen LogP contribution is 2.28. The Labute approximate surface area is 175 Å². The van der Waals surface area contributed by atoms with Crippen LogP contribution in [0.4, 0.5) is 5.13 Å². The molecule has 1 heterocycles. The summed E-state index contributed by atoms with van der Waals surface area (Å²) >= 11 is 1.43. The number of aromatic nitrogens is 1. The van der Waals surface area contributed by atoms with Gasteiger partial charge in [-0.25, -0.2) is 4.98 Å². The zero-order valence-electron chi connectivity index (χ0n) is 16.4. The van der Waals surface area contributed by atoms with Gasteiger partial charge >= 0.3 is 0 Å². The lowest BCUT2D eigenvalue weighted by atomic mass is 10.0. The number of carbonyl (C=O) groups is 1. The lowest BCUT2D eigenvalue weighted by molar-refractivity contribution is 0.102. The third-order valence-electron chi connectivity index (χ3n) is 4.85. The van der Waals surface area contributed by atoms with Crippen LogP contribution in [0.25, 0.3) is 22.4 Å². The number of nitrogens with zero attached hydrogens (tertiary/aromatic N) is 1. The van der Waals surface area contributed by atoms with Crippen molar-refractivity contribution in [2.24, 2.45) is 0 Å². The van der Waals surface area contributed by atoms with Crippen molar-refractivity contribution in [3.05, 3.63) is 95.4 Å². The van der Waals surface area contributed by atoms with Crippen molar-refractivity contribution >= 4 is 22.4 Å². The van der Waals surface area contributed by atoms with E-state index in [0.717, 1.165) is 11.3 Å². The molecule has 0 spiro atoms. The summed E-state index contributed by atoms with van der Waals surface area (Å²) in [6.07, 6.45) is 0. The summed E-state index contributed by atoms with van der Waals surface area (Å²) in [5.41, 5.74) is 6.11. The number of hydrogen-bond donors (Lipinski definition) is 1. The molecule has 1 N–H and O–H groups in total. The predicted molar refractivity (Wildman–Crippen MR) is 121 cm³/mol. The molecule has 4 rings (SSSR count). The second-order valence-corrected chi connectivity index (χ2v) is 8.07. The van der Waals surface area contributed by atoms with Crippen LogP contribution < -0.4 is 5.32 Å². The molecular weight excluding hydrogens is 376 g/mol. The van der Waals surface area contributed by atoms with Gasteiger partial charge < -0.3 is 0 Å². The van der Waals surface area contributed by atoms with E-state index in [4.69, 9.17) is 0 Å². The van der Waals surface area contributed by atoms with E-state index in [-0.39, 0.29) is 5.91 Å². The Morgan fingerprint density at radius 3 is 2.10 bits per heavy atom. The van der Waals surface area contributed by atoms with Gasteiger partial charge in [0.05, 0.1) is 5.69 Å². The van der Waals surface area contributed by atoms with E-state index >= 15 is 0 Å². The number of amides is 1. The van der Waals surface area contributed by atoms with Crippen LogP contribution in [0, 0.1) is 0 Å². The van der Waals surface area contributed by atoms with E-state index in [1.54, 1.807) is 0 Å². The quantitative estimate of drug-likeness (QED) is 0.399. The fourth-order valence-corrected chi connectivity index (χ4v) is 3.83. The Balaban J connectivity index is 1.46. The molecule has 0 fully saturated rings. The molecule has 4 aromatic rings. The van der Waals surface area contributed by atoms with Crippen molar-refractivity contribution in [1.82, 2.24) is 4.98 Å². The van der Waals surface area contributed by atoms with Crippen LogP contribution in [0.3, 0.4) is 0 Å². The minimum absolute atomic E-state index is 0.138. The van der Waals surface area contributed by atoms with Crippen LogP contribution in [-0.4, -0.2) is 10.9 Å². The molecule has 1 aromatic heterocycles. The molecule has 144 valence electrons. The van der Waals surface area contributed by atoms with Gasteiger partial charge in [0.25, 0.3) is 5.91 Å². The van der Waals surface area contributed by atoms with E-state index < -0.39 is 0 Å². The summed E-state index contributed by atoms with van der Waals surface area (Å²) < 4.78 is 0. The van der Waals surface area contributed by atoms with Crippen LogP contribution in [0.15, 0.2) is 84.2 Å². The Kier molecular flexibility index (Phi) is 5.54. The molecule has 0 radical (unpaired) electrons. The van der Waals surface area contributed by atoms with Crippen molar-refractivity contribution < 1.29 is 4.79 Å². The third-order valence-corrected chi connectivity index (χ3v) is 5.61. The number of nitrogens with one attached hydrogen (secondary N) is 1. The molecule has 0 bridgehead atoms. The molecule has 4 heteroatoms. The van der Waals surface area contributed by atoms with Gasteiger partial charge in [0.1, 0.15) is 0 Å². The van der Waals surface area contributed by atoms with Crippen LogP contribution in [0.5, 0.6) is 0 Å². The predicted octanol–water partition coefficient (Wildman–Crippen LogP) is 6.85. The fourth-order valence-electron chi connectivity index (χ4n) is 3.12. The minimum Gasteiger partial charge on any atom is -0.298 e. The highest BCUT2D eigenvalue weighted by atomic mass is 32.1. The number of benzene rings is 3. The van der Waals surface area contributed by atoms with Crippen LogP contribution in [0.2, 0.25) is 0 Å². The maximum Gasteiger partial charge on any atom is 0.257 e. The van der Waals surface area contributed by atoms with E-state index in [9.17, 15) is 4.79 Å². The molecular formula is C25H22N2OS. The molecule has 0 aliphatic rings. The topological polar surface area (TPSA) is 42.0 Å². The van der Waals surface area contributed by atoms with Crippen molar-refractivity contribution in [1.29, 1.82) is 0 Å². The standard InChI is InChI=1S/C25H22N2OS/c1-17(2)18-8-14-22(15-9-18)24(28)27-25-26-23(16-29-25)21-12-10-20(11-13-21)19-6-4-3-5-7-19/h3-17H,1-2H3,(H,26,27,28). The Bertz CT molecular complexity index is 1100. The SMILES string of the molecule is CC(C)c1ccc(C(=O)Nc2nc(-c3ccc(-c4ccccc4)cc3)cs2)cc1. The highest BCUT2D eigenvalue weighted by Gasteiger charge is 2.11. The molecule has 0 saturated heterocycles. The second kappa shape index (κ2) is 8.41. The Morgan fingerprint density at radius 1 is 0.828 bits per heavy atom. The second-order valence-electron chi connectivity index (χ2n) is 7.21. The van der Waals surface area contributed by atoms with E-state index in [0.29, 0.717) is 16.6 Å². The number of anilines is 1. The van der Waals surface area contributed by atoms with Crippen LogP contribution in [-0.2, 0) is 0 Å². The van der Waals surface area contributed by atoms with Gasteiger partial charge in [-0.05, 0) is 34.7 Å². The molecule has 0 aliphatic heterocycles. The normalized spacial score (nSPS) is 10.9. The first-order valence-electron chi connectivity index (χ1n) is 9.63. The summed E-state index contributed by atoms with van der Waals surface area (Å²) in [5.74, 6) is 0.308. The zero-order valence-corrected chi connectivity index (χ0v) is 17.2. The minimum atomic E-state index is -0.138. The number of hydrogen-bond acceptors (Lipinski definition) is 3. The van der Waals surface area contributed by atoms with Gasteiger partial charge in [0, 0.05) is 16.5 Å². The molecule has 0 atom stereocenters. The first kappa shape index (κ1) is 19.1. The summed E-state index contributed by atoms with van der Waals surface area (Å²) in [6, 6.07) is 26.3. The molecule has 0 saturated carbocycles. The zero-order chi connectivity index (χ0) is 20.2. The van der Waals surface area contributed by atoms with Gasteiger partial charge in [-0.2, -0.15) is 0 Å². The number of thiazole rings is 1. The van der Waals surface area contributed by atoms with Gasteiger partial charge in [-0.1, -0.05) is 80.6 Å².